The number of amides is 2. The topological polar surface area (TPSA) is 78.9 Å². The summed E-state index contributed by atoms with van der Waals surface area (Å²) < 4.78 is 5.13. The Morgan fingerprint density at radius 2 is 2.10 bits per heavy atom. The van der Waals surface area contributed by atoms with Gasteiger partial charge >= 0.3 is 0 Å². The summed E-state index contributed by atoms with van der Waals surface area (Å²) in [5, 5.41) is 11.3. The van der Waals surface area contributed by atoms with Crippen LogP contribution < -0.4 is 10.1 Å². The van der Waals surface area contributed by atoms with Crippen LogP contribution in [0.1, 0.15) is 15.9 Å². The number of benzene rings is 1. The quantitative estimate of drug-likeness (QED) is 0.756. The zero-order valence-corrected chi connectivity index (χ0v) is 12.3. The number of hydrogen-bond acceptors (Lipinski definition) is 4. The summed E-state index contributed by atoms with van der Waals surface area (Å²) in [5.41, 5.74) is 0.864. The van der Waals surface area contributed by atoms with Crippen molar-refractivity contribution in [3.8, 4) is 17.6 Å². The zero-order valence-electron chi connectivity index (χ0n) is 12.3. The number of aliphatic hydroxyl groups excluding tert-OH is 1. The van der Waals surface area contributed by atoms with Crippen LogP contribution in [0.25, 0.3) is 0 Å². The maximum atomic E-state index is 12.0. The van der Waals surface area contributed by atoms with Gasteiger partial charge in [0.1, 0.15) is 12.4 Å². The number of hydrogen-bond donors (Lipinski definition) is 2. The fourth-order valence-electron chi connectivity index (χ4n) is 1.50. The minimum Gasteiger partial charge on any atom is -0.495 e. The fraction of sp³-hybridized carbons (Fsp3) is 0.333. The Balaban J connectivity index is 2.88. The molecule has 0 heterocycles. The molecule has 6 heteroatoms. The molecule has 0 bridgehead atoms. The average molecular weight is 290 g/mol. The fourth-order valence-corrected chi connectivity index (χ4v) is 1.50. The molecule has 0 radical (unpaired) electrons. The molecule has 1 rings (SSSR count). The van der Waals surface area contributed by atoms with Crippen LogP contribution in [0.2, 0.25) is 0 Å². The number of carbonyl (C=O) groups excluding carboxylic acids is 2. The van der Waals surface area contributed by atoms with Crippen LogP contribution in [-0.2, 0) is 4.79 Å². The lowest BCUT2D eigenvalue weighted by Crippen LogP contribution is -2.36. The molecule has 0 saturated heterocycles. The third-order valence-corrected chi connectivity index (χ3v) is 2.66. The highest BCUT2D eigenvalue weighted by molar-refractivity contribution is 5.96. The number of aliphatic hydroxyl groups is 1. The van der Waals surface area contributed by atoms with Gasteiger partial charge in [0.25, 0.3) is 5.91 Å². The molecule has 0 fully saturated rings. The molecule has 2 amide bonds. The molecule has 6 nitrogen and oxygen atoms in total. The Morgan fingerprint density at radius 1 is 1.38 bits per heavy atom. The Morgan fingerprint density at radius 3 is 2.67 bits per heavy atom. The van der Waals surface area contributed by atoms with E-state index >= 15 is 0 Å². The summed E-state index contributed by atoms with van der Waals surface area (Å²) >= 11 is 0. The van der Waals surface area contributed by atoms with Gasteiger partial charge in [0.05, 0.1) is 19.2 Å². The second-order valence-electron chi connectivity index (χ2n) is 4.35. The summed E-state index contributed by atoms with van der Waals surface area (Å²) in [6.07, 6.45) is 0. The molecule has 2 N–H and O–H groups in total. The Labute approximate surface area is 123 Å². The van der Waals surface area contributed by atoms with Crippen LogP contribution in [0.4, 0.5) is 0 Å². The van der Waals surface area contributed by atoms with Crippen LogP contribution in [0, 0.1) is 11.8 Å². The van der Waals surface area contributed by atoms with E-state index in [1.165, 1.54) is 12.0 Å². The van der Waals surface area contributed by atoms with E-state index in [1.807, 2.05) is 0 Å². The molecule has 1 aromatic carbocycles. The summed E-state index contributed by atoms with van der Waals surface area (Å²) in [4.78, 5) is 24.8. The van der Waals surface area contributed by atoms with Crippen LogP contribution >= 0.6 is 0 Å². The van der Waals surface area contributed by atoms with Gasteiger partial charge in [-0.15, -0.1) is 0 Å². The van der Waals surface area contributed by atoms with Gasteiger partial charge in [0.15, 0.2) is 0 Å². The molecule has 0 aliphatic heterocycles. The van der Waals surface area contributed by atoms with Gasteiger partial charge in [-0.2, -0.15) is 0 Å². The molecule has 112 valence electrons. The maximum Gasteiger partial charge on any atom is 0.251 e. The lowest BCUT2D eigenvalue weighted by atomic mass is 10.1. The SMILES string of the molecule is COc1ccc(C(=O)NCC(=O)N(C)C)cc1C#CCO. The Bertz CT molecular complexity index is 585. The number of rotatable bonds is 4. The summed E-state index contributed by atoms with van der Waals surface area (Å²) in [6.45, 7) is -0.355. The van der Waals surface area contributed by atoms with E-state index in [0.717, 1.165) is 0 Å². The van der Waals surface area contributed by atoms with Crippen LogP contribution in [0.5, 0.6) is 5.75 Å². The van der Waals surface area contributed by atoms with Gasteiger partial charge in [0, 0.05) is 19.7 Å². The summed E-state index contributed by atoms with van der Waals surface area (Å²) in [5.74, 6) is 5.15. The van der Waals surface area contributed by atoms with Crippen molar-refractivity contribution in [1.29, 1.82) is 0 Å². The van der Waals surface area contributed by atoms with Crippen molar-refractivity contribution in [3.05, 3.63) is 29.3 Å². The van der Waals surface area contributed by atoms with E-state index in [4.69, 9.17) is 9.84 Å². The van der Waals surface area contributed by atoms with Gasteiger partial charge in [-0.1, -0.05) is 11.8 Å². The summed E-state index contributed by atoms with van der Waals surface area (Å²) in [6, 6.07) is 4.75. The van der Waals surface area contributed by atoms with Crippen molar-refractivity contribution in [1.82, 2.24) is 10.2 Å². The second-order valence-corrected chi connectivity index (χ2v) is 4.35. The molecule has 0 atom stereocenters. The molecule has 0 aromatic heterocycles. The van der Waals surface area contributed by atoms with E-state index in [0.29, 0.717) is 16.9 Å². The normalized spacial score (nSPS) is 9.33. The molecule has 0 unspecified atom stereocenters. The van der Waals surface area contributed by atoms with Crippen molar-refractivity contribution < 1.29 is 19.4 Å². The van der Waals surface area contributed by atoms with Gasteiger partial charge in [-0.3, -0.25) is 9.59 Å². The molecule has 1 aromatic rings. The van der Waals surface area contributed by atoms with E-state index in [-0.39, 0.29) is 25.0 Å². The van der Waals surface area contributed by atoms with Crippen molar-refractivity contribution in [2.24, 2.45) is 0 Å². The van der Waals surface area contributed by atoms with E-state index in [9.17, 15) is 9.59 Å². The largest absolute Gasteiger partial charge is 0.495 e. The average Bonchev–Trinajstić information content (AvgIpc) is 2.49. The molecule has 0 saturated carbocycles. The molecular weight excluding hydrogens is 272 g/mol. The highest BCUT2D eigenvalue weighted by Crippen LogP contribution is 2.18. The number of methoxy groups -OCH3 is 1. The highest BCUT2D eigenvalue weighted by atomic mass is 16.5. The first kappa shape index (κ1) is 16.5. The van der Waals surface area contributed by atoms with Crippen LogP contribution in [0.15, 0.2) is 18.2 Å². The smallest absolute Gasteiger partial charge is 0.251 e. The highest BCUT2D eigenvalue weighted by Gasteiger charge is 2.11. The molecule has 0 aliphatic carbocycles. The Hall–Kier alpha value is -2.52. The van der Waals surface area contributed by atoms with Crippen molar-refractivity contribution in [2.45, 2.75) is 0 Å². The van der Waals surface area contributed by atoms with Gasteiger partial charge < -0.3 is 20.1 Å². The van der Waals surface area contributed by atoms with Crippen molar-refractivity contribution in [2.75, 3.05) is 34.4 Å². The molecular formula is C15H18N2O4. The third-order valence-electron chi connectivity index (χ3n) is 2.66. The monoisotopic (exact) mass is 290 g/mol. The Kier molecular flexibility index (Phi) is 6.24. The third kappa shape index (κ3) is 4.82. The van der Waals surface area contributed by atoms with E-state index in [1.54, 1.807) is 32.3 Å². The number of nitrogens with one attached hydrogen (secondary N) is 1. The molecule has 0 aliphatic rings. The predicted octanol–water partition coefficient (Wildman–Crippen LogP) is -0.143. The maximum absolute atomic E-state index is 12.0. The minimum atomic E-state index is -0.375. The number of ether oxygens (including phenoxy) is 1. The van der Waals surface area contributed by atoms with Crippen LogP contribution in [-0.4, -0.2) is 56.2 Å². The van der Waals surface area contributed by atoms with Gasteiger partial charge in [-0.05, 0) is 18.2 Å². The van der Waals surface area contributed by atoms with E-state index < -0.39 is 0 Å². The zero-order chi connectivity index (χ0) is 15.8. The van der Waals surface area contributed by atoms with Crippen LogP contribution in [0.3, 0.4) is 0 Å². The number of carbonyl (C=O) groups is 2. The molecule has 21 heavy (non-hydrogen) atoms. The predicted molar refractivity (Wildman–Crippen MR) is 78.0 cm³/mol. The van der Waals surface area contributed by atoms with E-state index in [2.05, 4.69) is 17.2 Å². The molecule has 0 spiro atoms. The first-order valence-corrected chi connectivity index (χ1v) is 6.25. The van der Waals surface area contributed by atoms with Gasteiger partial charge in [-0.25, -0.2) is 0 Å². The second kappa shape index (κ2) is 7.92. The van der Waals surface area contributed by atoms with Crippen molar-refractivity contribution >= 4 is 11.8 Å². The number of likely N-dealkylation sites (N-methyl/N-ethyl adjacent to an activating group) is 1. The lowest BCUT2D eigenvalue weighted by molar-refractivity contribution is -0.127. The minimum absolute atomic E-state index is 0.0739. The first-order chi connectivity index (χ1) is 9.99. The standard InChI is InChI=1S/C15H18N2O4/c1-17(2)14(19)10-16-15(20)12-6-7-13(21-3)11(9-12)5-4-8-18/h6-7,9,18H,8,10H2,1-3H3,(H,16,20). The summed E-state index contributed by atoms with van der Waals surface area (Å²) in [7, 11) is 4.73. The first-order valence-electron chi connectivity index (χ1n) is 6.25. The number of nitrogens with zero attached hydrogens (tertiary/aromatic N) is 1. The van der Waals surface area contributed by atoms with Gasteiger partial charge in [0.2, 0.25) is 5.91 Å². The van der Waals surface area contributed by atoms with Crippen molar-refractivity contribution in [3.63, 3.8) is 0 Å². The lowest BCUT2D eigenvalue weighted by Gasteiger charge is -2.11.